The van der Waals surface area contributed by atoms with E-state index >= 15 is 0 Å². The average Bonchev–Trinajstić information content (AvgIpc) is 2.77. The topological polar surface area (TPSA) is 58.6 Å². The Labute approximate surface area is 109 Å². The van der Waals surface area contributed by atoms with E-state index in [1.54, 1.807) is 18.3 Å². The standard InChI is InChI=1S/C13H13NO3S/c1-2-17-11(13(15)16)7-14-10-8-18-12-6-4-3-5-9(10)12/h3-8,14H,2H2,1H3,(H,15,16)/b11-7+. The monoisotopic (exact) mass is 263 g/mol. The molecular formula is C13H13NO3S. The van der Waals surface area contributed by atoms with Gasteiger partial charge in [0.25, 0.3) is 0 Å². The molecule has 5 heteroatoms. The Hall–Kier alpha value is -2.01. The highest BCUT2D eigenvalue weighted by atomic mass is 32.1. The number of nitrogens with one attached hydrogen (secondary N) is 1. The molecule has 0 bridgehead atoms. The molecule has 0 saturated heterocycles. The number of carbonyl (C=O) groups is 1. The second kappa shape index (κ2) is 5.55. The molecule has 0 radical (unpaired) electrons. The van der Waals surface area contributed by atoms with Crippen LogP contribution in [0.15, 0.2) is 41.6 Å². The van der Waals surface area contributed by atoms with Gasteiger partial charge in [0.05, 0.1) is 18.5 Å². The SMILES string of the molecule is CCO/C(=C/Nc1csc2ccccc12)C(=O)O. The Balaban J connectivity index is 2.23. The molecule has 94 valence electrons. The van der Waals surface area contributed by atoms with Crippen molar-refractivity contribution >= 4 is 33.1 Å². The first-order chi connectivity index (χ1) is 8.72. The lowest BCUT2D eigenvalue weighted by molar-refractivity contribution is -0.136. The molecule has 18 heavy (non-hydrogen) atoms. The molecule has 0 aliphatic carbocycles. The summed E-state index contributed by atoms with van der Waals surface area (Å²) in [5.74, 6) is -1.17. The Bertz CT molecular complexity index is 589. The summed E-state index contributed by atoms with van der Waals surface area (Å²) in [5, 5.41) is 14.9. The van der Waals surface area contributed by atoms with Crippen LogP contribution in [0.3, 0.4) is 0 Å². The normalized spacial score (nSPS) is 11.5. The van der Waals surface area contributed by atoms with Crippen LogP contribution in [0.2, 0.25) is 0 Å². The van der Waals surface area contributed by atoms with Crippen LogP contribution in [0.5, 0.6) is 0 Å². The number of carboxylic acid groups (broad SMARTS) is 1. The molecule has 0 aliphatic heterocycles. The summed E-state index contributed by atoms with van der Waals surface area (Å²) >= 11 is 1.61. The zero-order chi connectivity index (χ0) is 13.0. The van der Waals surface area contributed by atoms with Crippen LogP contribution in [0.1, 0.15) is 6.92 Å². The second-order valence-corrected chi connectivity index (χ2v) is 4.45. The van der Waals surface area contributed by atoms with E-state index in [1.165, 1.54) is 6.20 Å². The fraction of sp³-hybridized carbons (Fsp3) is 0.154. The van der Waals surface area contributed by atoms with Gasteiger partial charge in [0, 0.05) is 15.5 Å². The third kappa shape index (κ3) is 2.62. The molecule has 1 heterocycles. The molecule has 2 N–H and O–H groups in total. The Morgan fingerprint density at radius 3 is 3.00 bits per heavy atom. The summed E-state index contributed by atoms with van der Waals surface area (Å²) in [6.07, 6.45) is 1.38. The minimum absolute atomic E-state index is 0.0900. The van der Waals surface area contributed by atoms with E-state index in [9.17, 15) is 4.79 Å². The zero-order valence-corrected chi connectivity index (χ0v) is 10.7. The molecule has 0 atom stereocenters. The molecule has 0 fully saturated rings. The Kier molecular flexibility index (Phi) is 3.84. The van der Waals surface area contributed by atoms with Crippen molar-refractivity contribution in [3.05, 3.63) is 41.6 Å². The van der Waals surface area contributed by atoms with Crippen molar-refractivity contribution in [2.24, 2.45) is 0 Å². The summed E-state index contributed by atoms with van der Waals surface area (Å²) in [6, 6.07) is 7.94. The Morgan fingerprint density at radius 2 is 2.28 bits per heavy atom. The van der Waals surface area contributed by atoms with Gasteiger partial charge in [-0.1, -0.05) is 18.2 Å². The number of rotatable bonds is 5. The number of carboxylic acids is 1. The van der Waals surface area contributed by atoms with Crippen LogP contribution < -0.4 is 5.32 Å². The van der Waals surface area contributed by atoms with Crippen molar-refractivity contribution in [3.8, 4) is 0 Å². The number of hydrogen-bond acceptors (Lipinski definition) is 4. The van der Waals surface area contributed by atoms with E-state index in [-0.39, 0.29) is 5.76 Å². The third-order valence-electron chi connectivity index (χ3n) is 2.35. The molecule has 4 nitrogen and oxygen atoms in total. The number of benzene rings is 1. The lowest BCUT2D eigenvalue weighted by Gasteiger charge is -2.04. The van der Waals surface area contributed by atoms with Gasteiger partial charge in [-0.25, -0.2) is 4.79 Å². The van der Waals surface area contributed by atoms with Gasteiger partial charge >= 0.3 is 5.97 Å². The van der Waals surface area contributed by atoms with E-state index in [0.29, 0.717) is 6.61 Å². The highest BCUT2D eigenvalue weighted by molar-refractivity contribution is 7.17. The zero-order valence-electron chi connectivity index (χ0n) is 9.84. The molecule has 1 aromatic carbocycles. The summed E-state index contributed by atoms with van der Waals surface area (Å²) in [7, 11) is 0. The van der Waals surface area contributed by atoms with Crippen molar-refractivity contribution in [2.45, 2.75) is 6.92 Å². The van der Waals surface area contributed by atoms with Crippen molar-refractivity contribution in [2.75, 3.05) is 11.9 Å². The van der Waals surface area contributed by atoms with Crippen molar-refractivity contribution in [3.63, 3.8) is 0 Å². The quantitative estimate of drug-likeness (QED) is 0.642. The molecule has 0 saturated carbocycles. The first-order valence-electron chi connectivity index (χ1n) is 5.51. The number of thiophene rings is 1. The largest absolute Gasteiger partial charge is 0.486 e. The molecule has 0 unspecified atom stereocenters. The van der Waals surface area contributed by atoms with Gasteiger partial charge in [-0.15, -0.1) is 11.3 Å². The van der Waals surface area contributed by atoms with Gasteiger partial charge in [-0.3, -0.25) is 0 Å². The summed E-state index contributed by atoms with van der Waals surface area (Å²) < 4.78 is 6.17. The van der Waals surface area contributed by atoms with Gasteiger partial charge in [-0.2, -0.15) is 0 Å². The van der Waals surface area contributed by atoms with E-state index in [0.717, 1.165) is 15.8 Å². The van der Waals surface area contributed by atoms with E-state index in [2.05, 4.69) is 5.32 Å². The fourth-order valence-corrected chi connectivity index (χ4v) is 2.46. The molecule has 0 amide bonds. The minimum atomic E-state index is -1.08. The van der Waals surface area contributed by atoms with Gasteiger partial charge < -0.3 is 15.2 Å². The van der Waals surface area contributed by atoms with Gasteiger partial charge in [-0.05, 0) is 13.0 Å². The molecule has 2 rings (SSSR count). The molecule has 1 aromatic heterocycles. The molecule has 2 aromatic rings. The lowest BCUT2D eigenvalue weighted by Crippen LogP contribution is -2.07. The summed E-state index contributed by atoms with van der Waals surface area (Å²) in [5.41, 5.74) is 0.883. The van der Waals surface area contributed by atoms with Crippen LogP contribution in [0, 0.1) is 0 Å². The number of fused-ring (bicyclic) bond motifs is 1. The maximum atomic E-state index is 10.9. The minimum Gasteiger partial charge on any atom is -0.486 e. The first-order valence-corrected chi connectivity index (χ1v) is 6.39. The van der Waals surface area contributed by atoms with Crippen LogP contribution in [-0.4, -0.2) is 17.7 Å². The maximum absolute atomic E-state index is 10.9. The highest BCUT2D eigenvalue weighted by Gasteiger charge is 2.08. The van der Waals surface area contributed by atoms with Crippen LogP contribution in [0.25, 0.3) is 10.1 Å². The maximum Gasteiger partial charge on any atom is 0.372 e. The van der Waals surface area contributed by atoms with Crippen molar-refractivity contribution in [1.82, 2.24) is 0 Å². The molecular weight excluding hydrogens is 250 g/mol. The van der Waals surface area contributed by atoms with Gasteiger partial charge in [0.2, 0.25) is 5.76 Å². The van der Waals surface area contributed by atoms with Crippen LogP contribution in [0.4, 0.5) is 5.69 Å². The van der Waals surface area contributed by atoms with Gasteiger partial charge in [0.1, 0.15) is 0 Å². The number of ether oxygens (including phenoxy) is 1. The number of anilines is 1. The average molecular weight is 263 g/mol. The predicted octanol–water partition coefficient (Wildman–Crippen LogP) is 3.28. The molecule has 0 aliphatic rings. The van der Waals surface area contributed by atoms with E-state index < -0.39 is 5.97 Å². The fourth-order valence-electron chi connectivity index (χ4n) is 1.55. The van der Waals surface area contributed by atoms with Gasteiger partial charge in [0.15, 0.2) is 0 Å². The predicted molar refractivity (Wildman–Crippen MR) is 72.8 cm³/mol. The smallest absolute Gasteiger partial charge is 0.372 e. The Morgan fingerprint density at radius 1 is 1.50 bits per heavy atom. The van der Waals surface area contributed by atoms with E-state index in [1.807, 2.05) is 29.6 Å². The second-order valence-electron chi connectivity index (χ2n) is 3.54. The molecule has 0 spiro atoms. The lowest BCUT2D eigenvalue weighted by atomic mass is 10.2. The number of aliphatic carboxylic acids is 1. The first kappa shape index (κ1) is 12.4. The van der Waals surface area contributed by atoms with Crippen molar-refractivity contribution in [1.29, 1.82) is 0 Å². The van der Waals surface area contributed by atoms with Crippen LogP contribution in [-0.2, 0) is 9.53 Å². The van der Waals surface area contributed by atoms with E-state index in [4.69, 9.17) is 9.84 Å². The third-order valence-corrected chi connectivity index (χ3v) is 3.31. The number of hydrogen-bond donors (Lipinski definition) is 2. The van der Waals surface area contributed by atoms with Crippen molar-refractivity contribution < 1.29 is 14.6 Å². The highest BCUT2D eigenvalue weighted by Crippen LogP contribution is 2.29. The summed E-state index contributed by atoms with van der Waals surface area (Å²) in [6.45, 7) is 2.07. The van der Waals surface area contributed by atoms with Crippen LogP contribution >= 0.6 is 11.3 Å². The summed E-state index contributed by atoms with van der Waals surface area (Å²) in [4.78, 5) is 10.9.